The summed E-state index contributed by atoms with van der Waals surface area (Å²) in [6.07, 6.45) is 3.90. The van der Waals surface area contributed by atoms with Crippen LogP contribution in [0.5, 0.6) is 0 Å². The average Bonchev–Trinajstić information content (AvgIpc) is 2.95. The molecule has 6 heteroatoms. The molecule has 0 spiro atoms. The van der Waals surface area contributed by atoms with Crippen molar-refractivity contribution in [2.24, 2.45) is 5.92 Å². The number of amides is 1. The van der Waals surface area contributed by atoms with E-state index >= 15 is 0 Å². The topological polar surface area (TPSA) is 71.2 Å². The number of rotatable bonds is 3. The highest BCUT2D eigenvalue weighted by atomic mass is 16.3. The predicted octanol–water partition coefficient (Wildman–Crippen LogP) is 0.0684. The summed E-state index contributed by atoms with van der Waals surface area (Å²) in [7, 11) is 0. The number of aromatic nitrogens is 3. The number of hydrogen-bond donors (Lipinski definition) is 1. The Kier molecular flexibility index (Phi) is 3.42. The maximum Gasteiger partial charge on any atom is 0.247 e. The van der Waals surface area contributed by atoms with Gasteiger partial charge in [0.05, 0.1) is 12.6 Å². The normalized spacial score (nSPS) is 26.2. The predicted molar refractivity (Wildman–Crippen MR) is 61.1 cm³/mol. The van der Waals surface area contributed by atoms with E-state index in [0.717, 1.165) is 6.42 Å². The maximum absolute atomic E-state index is 12.3. The number of aliphatic hydroxyl groups is 1. The van der Waals surface area contributed by atoms with Gasteiger partial charge in [-0.1, -0.05) is 6.92 Å². The largest absolute Gasteiger partial charge is 0.394 e. The van der Waals surface area contributed by atoms with E-state index in [1.807, 2.05) is 0 Å². The first-order valence-electron chi connectivity index (χ1n) is 5.90. The lowest BCUT2D eigenvalue weighted by atomic mass is 10.0. The monoisotopic (exact) mass is 238 g/mol. The Morgan fingerprint density at radius 1 is 1.65 bits per heavy atom. The van der Waals surface area contributed by atoms with Gasteiger partial charge in [0, 0.05) is 6.54 Å². The lowest BCUT2D eigenvalue weighted by molar-refractivity contribution is -0.136. The van der Waals surface area contributed by atoms with Crippen molar-refractivity contribution in [3.63, 3.8) is 0 Å². The van der Waals surface area contributed by atoms with Gasteiger partial charge in [0.25, 0.3) is 0 Å². The van der Waals surface area contributed by atoms with Gasteiger partial charge in [0.15, 0.2) is 0 Å². The van der Waals surface area contributed by atoms with Gasteiger partial charge in [-0.25, -0.2) is 9.67 Å². The second kappa shape index (κ2) is 4.83. The van der Waals surface area contributed by atoms with Crippen LogP contribution in [0.15, 0.2) is 12.7 Å². The summed E-state index contributed by atoms with van der Waals surface area (Å²) in [5.74, 6) is 0.353. The van der Waals surface area contributed by atoms with Gasteiger partial charge < -0.3 is 10.0 Å². The van der Waals surface area contributed by atoms with Gasteiger partial charge in [-0.2, -0.15) is 5.10 Å². The lowest BCUT2D eigenvalue weighted by Crippen LogP contribution is -2.43. The third kappa shape index (κ3) is 2.17. The molecule has 1 saturated heterocycles. The molecule has 1 aromatic heterocycles. The van der Waals surface area contributed by atoms with Gasteiger partial charge in [-0.3, -0.25) is 4.79 Å². The first-order valence-corrected chi connectivity index (χ1v) is 5.90. The van der Waals surface area contributed by atoms with Crippen LogP contribution in [0.3, 0.4) is 0 Å². The molecule has 94 valence electrons. The standard InChI is InChI=1S/C11H18N4O2/c1-8-3-4-14(10(8)5-16)11(17)9(2)15-7-12-6-13-15/h6-10,16H,3-5H2,1-2H3. The minimum Gasteiger partial charge on any atom is -0.394 e. The fourth-order valence-electron chi connectivity index (χ4n) is 2.33. The molecular weight excluding hydrogens is 220 g/mol. The van der Waals surface area contributed by atoms with Gasteiger partial charge in [-0.15, -0.1) is 0 Å². The van der Waals surface area contributed by atoms with Crippen LogP contribution < -0.4 is 0 Å². The average molecular weight is 238 g/mol. The van der Waals surface area contributed by atoms with Crippen molar-refractivity contribution in [2.75, 3.05) is 13.2 Å². The number of nitrogens with zero attached hydrogens (tertiary/aromatic N) is 4. The molecule has 3 unspecified atom stereocenters. The zero-order valence-corrected chi connectivity index (χ0v) is 10.2. The SMILES string of the molecule is CC1CCN(C(=O)C(C)n2cncn2)C1CO. The van der Waals surface area contributed by atoms with E-state index in [1.165, 1.54) is 12.7 Å². The Labute approximate surface area is 100 Å². The molecule has 2 rings (SSSR count). The maximum atomic E-state index is 12.3. The molecule has 1 amide bonds. The molecule has 0 aliphatic carbocycles. The number of hydrogen-bond acceptors (Lipinski definition) is 4. The Morgan fingerprint density at radius 2 is 2.41 bits per heavy atom. The van der Waals surface area contributed by atoms with Gasteiger partial charge >= 0.3 is 0 Å². The van der Waals surface area contributed by atoms with Crippen LogP contribution in [0, 0.1) is 5.92 Å². The Bertz CT molecular complexity index is 379. The van der Waals surface area contributed by atoms with E-state index < -0.39 is 0 Å². The molecule has 1 aliphatic heterocycles. The van der Waals surface area contributed by atoms with E-state index in [0.29, 0.717) is 12.5 Å². The zero-order valence-electron chi connectivity index (χ0n) is 10.2. The fourth-order valence-corrected chi connectivity index (χ4v) is 2.33. The fraction of sp³-hybridized carbons (Fsp3) is 0.727. The summed E-state index contributed by atoms with van der Waals surface area (Å²) in [6.45, 7) is 4.60. The van der Waals surface area contributed by atoms with Gasteiger partial charge in [0.2, 0.25) is 5.91 Å². The second-order valence-electron chi connectivity index (χ2n) is 4.60. The molecule has 2 heterocycles. The van der Waals surface area contributed by atoms with Gasteiger partial charge in [0.1, 0.15) is 18.7 Å². The number of aliphatic hydroxyl groups excluding tert-OH is 1. The third-order valence-electron chi connectivity index (χ3n) is 3.54. The van der Waals surface area contributed by atoms with Crippen molar-refractivity contribution < 1.29 is 9.90 Å². The highest BCUT2D eigenvalue weighted by Crippen LogP contribution is 2.25. The molecule has 1 aromatic rings. The van der Waals surface area contributed by atoms with E-state index in [2.05, 4.69) is 17.0 Å². The van der Waals surface area contributed by atoms with Crippen LogP contribution in [-0.4, -0.2) is 49.9 Å². The zero-order chi connectivity index (χ0) is 12.4. The van der Waals surface area contributed by atoms with E-state index in [1.54, 1.807) is 16.5 Å². The molecule has 0 bridgehead atoms. The molecule has 0 saturated carbocycles. The van der Waals surface area contributed by atoms with Crippen LogP contribution in [0.25, 0.3) is 0 Å². The summed E-state index contributed by atoms with van der Waals surface area (Å²) in [4.78, 5) is 17.9. The first kappa shape index (κ1) is 12.0. The molecule has 1 aliphatic rings. The summed E-state index contributed by atoms with van der Waals surface area (Å²) in [5, 5.41) is 13.3. The third-order valence-corrected chi connectivity index (χ3v) is 3.54. The molecule has 17 heavy (non-hydrogen) atoms. The van der Waals surface area contributed by atoms with Crippen molar-refractivity contribution in [1.29, 1.82) is 0 Å². The van der Waals surface area contributed by atoms with Crippen molar-refractivity contribution in [3.8, 4) is 0 Å². The van der Waals surface area contributed by atoms with Crippen LogP contribution in [0.4, 0.5) is 0 Å². The summed E-state index contributed by atoms with van der Waals surface area (Å²) < 4.78 is 1.54. The first-order chi connectivity index (χ1) is 8.15. The number of likely N-dealkylation sites (tertiary alicyclic amines) is 1. The number of carbonyl (C=O) groups is 1. The minimum atomic E-state index is -0.364. The highest BCUT2D eigenvalue weighted by Gasteiger charge is 2.36. The Morgan fingerprint density at radius 3 is 3.00 bits per heavy atom. The van der Waals surface area contributed by atoms with Crippen molar-refractivity contribution in [1.82, 2.24) is 19.7 Å². The lowest BCUT2D eigenvalue weighted by Gasteiger charge is -2.27. The number of carbonyl (C=O) groups excluding carboxylic acids is 1. The quantitative estimate of drug-likeness (QED) is 0.809. The Balaban J connectivity index is 2.10. The molecule has 1 N–H and O–H groups in total. The van der Waals surface area contributed by atoms with E-state index in [9.17, 15) is 9.90 Å². The molecule has 3 atom stereocenters. The molecule has 0 radical (unpaired) electrons. The minimum absolute atomic E-state index is 0.00102. The van der Waals surface area contributed by atoms with Crippen LogP contribution in [0.2, 0.25) is 0 Å². The molecular formula is C11H18N4O2. The molecule has 0 aromatic carbocycles. The van der Waals surface area contributed by atoms with E-state index in [-0.39, 0.29) is 24.6 Å². The molecule has 1 fully saturated rings. The summed E-state index contributed by atoms with van der Waals surface area (Å²) >= 11 is 0. The Hall–Kier alpha value is -1.43. The van der Waals surface area contributed by atoms with Crippen LogP contribution in [-0.2, 0) is 4.79 Å². The van der Waals surface area contributed by atoms with Gasteiger partial charge in [-0.05, 0) is 19.3 Å². The van der Waals surface area contributed by atoms with Crippen LogP contribution in [0.1, 0.15) is 26.3 Å². The van der Waals surface area contributed by atoms with Crippen molar-refractivity contribution in [2.45, 2.75) is 32.4 Å². The highest BCUT2D eigenvalue weighted by molar-refractivity contribution is 5.80. The molecule has 6 nitrogen and oxygen atoms in total. The second-order valence-corrected chi connectivity index (χ2v) is 4.60. The summed E-state index contributed by atoms with van der Waals surface area (Å²) in [5.41, 5.74) is 0. The van der Waals surface area contributed by atoms with E-state index in [4.69, 9.17) is 0 Å². The summed E-state index contributed by atoms with van der Waals surface area (Å²) in [6, 6.07) is -0.426. The van der Waals surface area contributed by atoms with Crippen molar-refractivity contribution >= 4 is 5.91 Å². The van der Waals surface area contributed by atoms with Crippen LogP contribution >= 0.6 is 0 Å². The van der Waals surface area contributed by atoms with Crippen molar-refractivity contribution in [3.05, 3.63) is 12.7 Å². The smallest absolute Gasteiger partial charge is 0.247 e.